The van der Waals surface area contributed by atoms with Gasteiger partial charge in [-0.25, -0.2) is 9.67 Å². The zero-order valence-electron chi connectivity index (χ0n) is 14.1. The van der Waals surface area contributed by atoms with Gasteiger partial charge in [0.15, 0.2) is 5.13 Å². The number of halogens is 1. The van der Waals surface area contributed by atoms with Crippen LogP contribution >= 0.6 is 22.9 Å². The van der Waals surface area contributed by atoms with Crippen LogP contribution in [0.4, 0.5) is 5.13 Å². The van der Waals surface area contributed by atoms with Gasteiger partial charge in [-0.3, -0.25) is 4.90 Å². The Kier molecular flexibility index (Phi) is 4.74. The summed E-state index contributed by atoms with van der Waals surface area (Å²) in [5, 5.41) is 8.50. The number of benzene rings is 1. The molecule has 1 aliphatic heterocycles. The quantitative estimate of drug-likeness (QED) is 0.700. The summed E-state index contributed by atoms with van der Waals surface area (Å²) < 4.78 is 1.83. The van der Waals surface area contributed by atoms with Crippen molar-refractivity contribution in [1.29, 1.82) is 0 Å². The van der Waals surface area contributed by atoms with Crippen molar-refractivity contribution in [3.8, 4) is 5.69 Å². The van der Waals surface area contributed by atoms with Gasteiger partial charge < -0.3 is 4.90 Å². The Hall–Kier alpha value is -1.89. The Morgan fingerprint density at radius 2 is 1.88 bits per heavy atom. The molecule has 2 aromatic heterocycles. The highest BCUT2D eigenvalue weighted by Crippen LogP contribution is 2.26. The van der Waals surface area contributed by atoms with Crippen molar-refractivity contribution in [2.24, 2.45) is 0 Å². The zero-order chi connectivity index (χ0) is 17.2. The molecule has 5 nitrogen and oxygen atoms in total. The number of para-hydroxylation sites is 1. The summed E-state index contributed by atoms with van der Waals surface area (Å²) in [6.07, 6.45) is 1.87. The van der Waals surface area contributed by atoms with E-state index in [2.05, 4.69) is 19.9 Å². The average molecular weight is 374 g/mol. The number of aryl methyl sites for hydroxylation is 1. The standard InChI is InChI=1S/C18H20ClN5S/c1-14-16(17(19)24(21-14)15-5-3-2-4-6-15)13-22-8-10-23(11-9-22)18-20-7-12-25-18/h2-7,12H,8-11,13H2,1H3. The molecule has 0 unspecified atom stereocenters. The lowest BCUT2D eigenvalue weighted by Crippen LogP contribution is -2.46. The van der Waals surface area contributed by atoms with Gasteiger partial charge in [0.1, 0.15) is 5.15 Å². The van der Waals surface area contributed by atoms with Gasteiger partial charge in [0.05, 0.1) is 11.4 Å². The fraction of sp³-hybridized carbons (Fsp3) is 0.333. The second-order valence-corrected chi connectivity index (χ2v) is 7.41. The maximum Gasteiger partial charge on any atom is 0.185 e. The van der Waals surface area contributed by atoms with Crippen molar-refractivity contribution in [2.45, 2.75) is 13.5 Å². The van der Waals surface area contributed by atoms with Crippen molar-refractivity contribution in [1.82, 2.24) is 19.7 Å². The number of thiazole rings is 1. The molecular formula is C18H20ClN5S. The molecule has 130 valence electrons. The second-order valence-electron chi connectivity index (χ2n) is 6.18. The molecule has 7 heteroatoms. The van der Waals surface area contributed by atoms with Crippen LogP contribution in [-0.4, -0.2) is 45.8 Å². The molecule has 0 aliphatic carbocycles. The Morgan fingerprint density at radius 1 is 1.12 bits per heavy atom. The smallest absolute Gasteiger partial charge is 0.185 e. The van der Waals surface area contributed by atoms with Gasteiger partial charge in [-0.2, -0.15) is 5.10 Å². The van der Waals surface area contributed by atoms with E-state index >= 15 is 0 Å². The first kappa shape index (κ1) is 16.6. The highest BCUT2D eigenvalue weighted by molar-refractivity contribution is 7.13. The van der Waals surface area contributed by atoms with Gasteiger partial charge in [-0.15, -0.1) is 11.3 Å². The summed E-state index contributed by atoms with van der Waals surface area (Å²) in [6.45, 7) is 6.88. The van der Waals surface area contributed by atoms with Crippen LogP contribution in [0.2, 0.25) is 5.15 Å². The van der Waals surface area contributed by atoms with E-state index in [1.807, 2.05) is 53.5 Å². The van der Waals surface area contributed by atoms with Crippen LogP contribution in [0, 0.1) is 6.92 Å². The number of hydrogen-bond acceptors (Lipinski definition) is 5. The summed E-state index contributed by atoms with van der Waals surface area (Å²) >= 11 is 8.35. The van der Waals surface area contributed by atoms with Crippen molar-refractivity contribution in [3.63, 3.8) is 0 Å². The lowest BCUT2D eigenvalue weighted by Gasteiger charge is -2.34. The Labute approximate surface area is 156 Å². The first-order valence-electron chi connectivity index (χ1n) is 8.38. The van der Waals surface area contributed by atoms with Crippen LogP contribution in [0.1, 0.15) is 11.3 Å². The lowest BCUT2D eigenvalue weighted by atomic mass is 10.2. The van der Waals surface area contributed by atoms with Gasteiger partial charge in [-0.1, -0.05) is 29.8 Å². The van der Waals surface area contributed by atoms with Crippen LogP contribution in [-0.2, 0) is 6.54 Å². The third kappa shape index (κ3) is 3.42. The van der Waals surface area contributed by atoms with E-state index in [0.717, 1.165) is 54.8 Å². The minimum atomic E-state index is 0.714. The van der Waals surface area contributed by atoms with Crippen molar-refractivity contribution in [3.05, 3.63) is 58.3 Å². The van der Waals surface area contributed by atoms with Gasteiger partial charge in [0.25, 0.3) is 0 Å². The van der Waals surface area contributed by atoms with Gasteiger partial charge in [0, 0.05) is 49.9 Å². The van der Waals surface area contributed by atoms with E-state index in [1.54, 1.807) is 11.3 Å². The zero-order valence-corrected chi connectivity index (χ0v) is 15.7. The van der Waals surface area contributed by atoms with E-state index in [4.69, 9.17) is 11.6 Å². The Bertz CT molecular complexity index is 823. The molecule has 1 fully saturated rings. The lowest BCUT2D eigenvalue weighted by molar-refractivity contribution is 0.249. The van der Waals surface area contributed by atoms with Crippen LogP contribution in [0.3, 0.4) is 0 Å². The summed E-state index contributed by atoms with van der Waals surface area (Å²) in [7, 11) is 0. The molecular weight excluding hydrogens is 354 g/mol. The molecule has 4 rings (SSSR count). The average Bonchev–Trinajstić information content (AvgIpc) is 3.27. The molecule has 0 atom stereocenters. The van der Waals surface area contributed by atoms with Crippen molar-refractivity contribution >= 4 is 28.1 Å². The molecule has 0 amide bonds. The minimum absolute atomic E-state index is 0.714. The normalized spacial score (nSPS) is 15.7. The molecule has 3 aromatic rings. The number of anilines is 1. The van der Waals surface area contributed by atoms with Crippen LogP contribution in [0.5, 0.6) is 0 Å². The van der Waals surface area contributed by atoms with E-state index in [0.29, 0.717) is 5.15 Å². The molecule has 1 aliphatic rings. The molecule has 0 radical (unpaired) electrons. The monoisotopic (exact) mass is 373 g/mol. The van der Waals surface area contributed by atoms with Crippen LogP contribution < -0.4 is 4.90 Å². The third-order valence-corrected chi connectivity index (χ3v) is 5.79. The summed E-state index contributed by atoms with van der Waals surface area (Å²) in [5.41, 5.74) is 3.11. The second kappa shape index (κ2) is 7.15. The SMILES string of the molecule is Cc1nn(-c2ccccc2)c(Cl)c1CN1CCN(c2nccs2)CC1. The number of nitrogens with zero attached hydrogens (tertiary/aromatic N) is 5. The molecule has 3 heterocycles. The highest BCUT2D eigenvalue weighted by Gasteiger charge is 2.22. The first-order valence-corrected chi connectivity index (χ1v) is 9.64. The number of aromatic nitrogens is 3. The number of piperazine rings is 1. The van der Waals surface area contributed by atoms with E-state index in [-0.39, 0.29) is 0 Å². The topological polar surface area (TPSA) is 37.2 Å². The molecule has 0 N–H and O–H groups in total. The highest BCUT2D eigenvalue weighted by atomic mass is 35.5. The van der Waals surface area contributed by atoms with E-state index in [9.17, 15) is 0 Å². The molecule has 0 spiro atoms. The maximum absolute atomic E-state index is 6.65. The van der Waals surface area contributed by atoms with Crippen molar-refractivity contribution in [2.75, 3.05) is 31.1 Å². The fourth-order valence-electron chi connectivity index (χ4n) is 3.14. The molecule has 25 heavy (non-hydrogen) atoms. The van der Waals surface area contributed by atoms with Crippen LogP contribution in [0.15, 0.2) is 41.9 Å². The maximum atomic E-state index is 6.65. The summed E-state index contributed by atoms with van der Waals surface area (Å²) in [4.78, 5) is 9.20. The first-order chi connectivity index (χ1) is 12.2. The molecule has 0 bridgehead atoms. The predicted molar refractivity (Wildman–Crippen MR) is 103 cm³/mol. The van der Waals surface area contributed by atoms with E-state index < -0.39 is 0 Å². The van der Waals surface area contributed by atoms with Crippen molar-refractivity contribution < 1.29 is 0 Å². The van der Waals surface area contributed by atoms with Gasteiger partial charge in [0.2, 0.25) is 0 Å². The molecule has 1 aromatic carbocycles. The van der Waals surface area contributed by atoms with E-state index in [1.165, 1.54) is 0 Å². The van der Waals surface area contributed by atoms with Gasteiger partial charge in [-0.05, 0) is 19.1 Å². The Balaban J connectivity index is 1.46. The Morgan fingerprint density at radius 3 is 2.56 bits per heavy atom. The van der Waals surface area contributed by atoms with Gasteiger partial charge >= 0.3 is 0 Å². The fourth-order valence-corrected chi connectivity index (χ4v) is 4.17. The molecule has 0 saturated carbocycles. The third-order valence-electron chi connectivity index (χ3n) is 4.57. The summed E-state index contributed by atoms with van der Waals surface area (Å²) in [6, 6.07) is 10.0. The molecule has 1 saturated heterocycles. The predicted octanol–water partition coefficient (Wildman–Crippen LogP) is 3.61. The minimum Gasteiger partial charge on any atom is -0.346 e. The number of hydrogen-bond donors (Lipinski definition) is 0. The largest absolute Gasteiger partial charge is 0.346 e. The summed E-state index contributed by atoms with van der Waals surface area (Å²) in [5.74, 6) is 0. The van der Waals surface area contributed by atoms with Crippen LogP contribution in [0.25, 0.3) is 5.69 Å². The number of rotatable bonds is 4.